The van der Waals surface area contributed by atoms with Gasteiger partial charge >= 0.3 is 0 Å². The number of nitrogens with zero attached hydrogens (tertiary/aromatic N) is 4. The smallest absolute Gasteiger partial charge is 0.141 e. The van der Waals surface area contributed by atoms with Crippen LogP contribution in [0.5, 0.6) is 0 Å². The molecule has 144 valence electrons. The summed E-state index contributed by atoms with van der Waals surface area (Å²) in [6, 6.07) is 11.8. The summed E-state index contributed by atoms with van der Waals surface area (Å²) in [5.74, 6) is 0.912. The van der Waals surface area contributed by atoms with Crippen molar-refractivity contribution in [1.29, 1.82) is 0 Å². The van der Waals surface area contributed by atoms with E-state index in [1.807, 2.05) is 43.3 Å². The van der Waals surface area contributed by atoms with Crippen molar-refractivity contribution in [2.24, 2.45) is 5.16 Å². The van der Waals surface area contributed by atoms with Crippen molar-refractivity contribution in [1.82, 2.24) is 20.1 Å². The molecule has 1 saturated heterocycles. The Morgan fingerprint density at radius 2 is 1.93 bits per heavy atom. The first-order valence-corrected chi connectivity index (χ1v) is 9.73. The zero-order chi connectivity index (χ0) is 19.5. The predicted octanol–water partition coefficient (Wildman–Crippen LogP) is 4.78. The quantitative estimate of drug-likeness (QED) is 0.289. The Kier molecular flexibility index (Phi) is 5.30. The summed E-state index contributed by atoms with van der Waals surface area (Å²) in [5, 5.41) is 21.2. The molecular weight excluding hydrogens is 374 g/mol. The molecule has 1 aliphatic rings. The Hall–Kier alpha value is -2.86. The van der Waals surface area contributed by atoms with Gasteiger partial charge in [0.15, 0.2) is 0 Å². The lowest BCUT2D eigenvalue weighted by molar-refractivity contribution is 0.269. The number of aromatic nitrogens is 3. The Morgan fingerprint density at radius 3 is 2.64 bits per heavy atom. The molecule has 0 aliphatic carbocycles. The Bertz CT molecular complexity index is 968. The number of nitrogens with one attached hydrogen (secondary N) is 1. The molecule has 1 unspecified atom stereocenters. The van der Waals surface area contributed by atoms with E-state index in [9.17, 15) is 0 Å². The van der Waals surface area contributed by atoms with E-state index >= 15 is 0 Å². The van der Waals surface area contributed by atoms with E-state index in [1.165, 1.54) is 0 Å². The highest BCUT2D eigenvalue weighted by Crippen LogP contribution is 2.39. The number of benzene rings is 1. The topological polar surface area (TPSA) is 77.4 Å². The van der Waals surface area contributed by atoms with Crippen LogP contribution < -0.4 is 0 Å². The highest BCUT2D eigenvalue weighted by molar-refractivity contribution is 6.30. The van der Waals surface area contributed by atoms with Crippen LogP contribution in [0.4, 0.5) is 0 Å². The van der Waals surface area contributed by atoms with Gasteiger partial charge in [0.05, 0.1) is 0 Å². The molecule has 0 saturated carbocycles. The Morgan fingerprint density at radius 1 is 1.18 bits per heavy atom. The van der Waals surface area contributed by atoms with Gasteiger partial charge in [-0.3, -0.25) is 10.1 Å². The van der Waals surface area contributed by atoms with Gasteiger partial charge in [-0.25, -0.2) is 0 Å². The number of H-pyrrole nitrogens is 1. The van der Waals surface area contributed by atoms with E-state index in [4.69, 9.17) is 16.8 Å². The van der Waals surface area contributed by atoms with Gasteiger partial charge in [-0.1, -0.05) is 28.9 Å². The van der Waals surface area contributed by atoms with Crippen LogP contribution in [0.3, 0.4) is 0 Å². The van der Waals surface area contributed by atoms with E-state index in [-0.39, 0.29) is 5.92 Å². The first-order valence-electron chi connectivity index (χ1n) is 9.35. The molecule has 1 atom stereocenters. The molecule has 1 aliphatic heterocycles. The molecule has 2 N–H and O–H groups in total. The monoisotopic (exact) mass is 395 g/mol. The van der Waals surface area contributed by atoms with Crippen LogP contribution in [-0.4, -0.2) is 44.2 Å². The molecule has 0 amide bonds. The first kappa shape index (κ1) is 18.5. The van der Waals surface area contributed by atoms with E-state index in [0.717, 1.165) is 54.0 Å². The molecule has 6 nitrogen and oxygen atoms in total. The second-order valence-electron chi connectivity index (χ2n) is 7.04. The molecule has 2 aromatic heterocycles. The fourth-order valence-corrected chi connectivity index (χ4v) is 3.97. The molecule has 3 heterocycles. The fourth-order valence-electron chi connectivity index (χ4n) is 3.85. The average Bonchev–Trinajstić information content (AvgIpc) is 3.19. The number of likely N-dealkylation sites (tertiary alicyclic amines) is 1. The van der Waals surface area contributed by atoms with Crippen molar-refractivity contribution >= 4 is 17.4 Å². The number of hydrogen-bond acceptors (Lipinski definition) is 4. The summed E-state index contributed by atoms with van der Waals surface area (Å²) in [5.41, 5.74) is 5.19. The molecule has 0 spiro atoms. The molecule has 0 radical (unpaired) electrons. The minimum absolute atomic E-state index is 0.266. The second kappa shape index (κ2) is 8.02. The van der Waals surface area contributed by atoms with Gasteiger partial charge in [0.1, 0.15) is 11.5 Å². The first-order chi connectivity index (χ1) is 13.7. The third-order valence-electron chi connectivity index (χ3n) is 5.31. The van der Waals surface area contributed by atoms with E-state index in [2.05, 4.69) is 25.2 Å². The van der Waals surface area contributed by atoms with Crippen LogP contribution in [0, 0.1) is 0 Å². The number of hydrogen-bond donors (Lipinski definition) is 2. The van der Waals surface area contributed by atoms with Crippen molar-refractivity contribution in [3.8, 4) is 22.4 Å². The average molecular weight is 396 g/mol. The van der Waals surface area contributed by atoms with Crippen molar-refractivity contribution in [3.63, 3.8) is 0 Å². The highest BCUT2D eigenvalue weighted by Gasteiger charge is 2.28. The van der Waals surface area contributed by atoms with Crippen molar-refractivity contribution in [2.75, 3.05) is 13.1 Å². The number of oxime groups is 1. The minimum Gasteiger partial charge on any atom is -0.409 e. The highest BCUT2D eigenvalue weighted by atomic mass is 35.5. The van der Waals surface area contributed by atoms with Gasteiger partial charge in [-0.15, -0.1) is 0 Å². The third-order valence-corrected chi connectivity index (χ3v) is 5.56. The van der Waals surface area contributed by atoms with Crippen LogP contribution in [0.25, 0.3) is 22.4 Å². The van der Waals surface area contributed by atoms with Crippen molar-refractivity contribution < 1.29 is 5.21 Å². The zero-order valence-corrected chi connectivity index (χ0v) is 16.4. The number of rotatable bonds is 3. The van der Waals surface area contributed by atoms with Gasteiger partial charge in [0, 0.05) is 53.2 Å². The minimum atomic E-state index is 0.266. The SMILES string of the molecule is C/C(=N\O)N1CCCC(c2[nH]nc(-c3ccc(Cl)cc3)c2-c2ccncc2)C1. The lowest BCUT2D eigenvalue weighted by Gasteiger charge is -2.33. The molecule has 7 heteroatoms. The molecule has 4 rings (SSSR count). The fraction of sp³-hybridized carbons (Fsp3) is 0.286. The maximum atomic E-state index is 9.16. The number of aromatic amines is 1. The van der Waals surface area contributed by atoms with Crippen LogP contribution >= 0.6 is 11.6 Å². The van der Waals surface area contributed by atoms with Gasteiger partial charge in [-0.2, -0.15) is 5.10 Å². The number of pyridine rings is 1. The summed E-state index contributed by atoms with van der Waals surface area (Å²) in [7, 11) is 0. The molecular formula is C21H22ClN5O. The standard InChI is InChI=1S/C21H22ClN5O/c1-14(26-28)27-12-2-3-17(13-27)21-19(15-8-10-23-11-9-15)20(24-25-21)16-4-6-18(22)7-5-16/h4-11,17,28H,2-3,12-13H2,1H3,(H,24,25)/b26-14+. The lowest BCUT2D eigenvalue weighted by atomic mass is 9.88. The summed E-state index contributed by atoms with van der Waals surface area (Å²) in [4.78, 5) is 6.28. The summed E-state index contributed by atoms with van der Waals surface area (Å²) >= 11 is 6.07. The van der Waals surface area contributed by atoms with Crippen LogP contribution in [0.15, 0.2) is 53.9 Å². The molecule has 1 fully saturated rings. The number of halogens is 1. The summed E-state index contributed by atoms with van der Waals surface area (Å²) < 4.78 is 0. The lowest BCUT2D eigenvalue weighted by Crippen LogP contribution is -2.38. The maximum absolute atomic E-state index is 9.16. The van der Waals surface area contributed by atoms with E-state index in [0.29, 0.717) is 10.9 Å². The van der Waals surface area contributed by atoms with Gasteiger partial charge in [0.25, 0.3) is 0 Å². The number of piperidine rings is 1. The third kappa shape index (κ3) is 3.60. The second-order valence-corrected chi connectivity index (χ2v) is 7.47. The maximum Gasteiger partial charge on any atom is 0.141 e. The van der Waals surface area contributed by atoms with Crippen LogP contribution in [-0.2, 0) is 0 Å². The van der Waals surface area contributed by atoms with Crippen molar-refractivity contribution in [3.05, 3.63) is 59.5 Å². The van der Waals surface area contributed by atoms with E-state index < -0.39 is 0 Å². The van der Waals surface area contributed by atoms with E-state index in [1.54, 1.807) is 12.4 Å². The number of amidine groups is 1. The molecule has 1 aromatic carbocycles. The van der Waals surface area contributed by atoms with Crippen molar-refractivity contribution in [2.45, 2.75) is 25.7 Å². The Labute approximate surface area is 168 Å². The molecule has 3 aromatic rings. The Balaban J connectivity index is 1.78. The van der Waals surface area contributed by atoms with Crippen LogP contribution in [0.1, 0.15) is 31.4 Å². The van der Waals surface area contributed by atoms with Gasteiger partial charge in [0.2, 0.25) is 0 Å². The zero-order valence-electron chi connectivity index (χ0n) is 15.6. The predicted molar refractivity (Wildman–Crippen MR) is 111 cm³/mol. The largest absolute Gasteiger partial charge is 0.409 e. The van der Waals surface area contributed by atoms with Gasteiger partial charge in [-0.05, 0) is 49.6 Å². The normalized spacial score (nSPS) is 17.7. The molecule has 28 heavy (non-hydrogen) atoms. The van der Waals surface area contributed by atoms with Gasteiger partial charge < -0.3 is 10.1 Å². The van der Waals surface area contributed by atoms with Crippen LogP contribution in [0.2, 0.25) is 5.02 Å². The molecule has 0 bridgehead atoms. The summed E-state index contributed by atoms with van der Waals surface area (Å²) in [6.45, 7) is 3.52. The summed E-state index contributed by atoms with van der Waals surface area (Å²) in [6.07, 6.45) is 5.68.